The minimum atomic E-state index is -1.21. The molecule has 134 valence electrons. The Morgan fingerprint density at radius 1 is 1.25 bits per heavy atom. The lowest BCUT2D eigenvalue weighted by Crippen LogP contribution is -2.44. The second kappa shape index (κ2) is 8.55. The molecule has 1 unspecified atom stereocenters. The van der Waals surface area contributed by atoms with Crippen molar-refractivity contribution in [2.75, 3.05) is 12.1 Å². The highest BCUT2D eigenvalue weighted by Gasteiger charge is 2.27. The molecule has 24 heavy (non-hydrogen) atoms. The fourth-order valence-corrected chi connectivity index (χ4v) is 3.32. The summed E-state index contributed by atoms with van der Waals surface area (Å²) in [5, 5.41) is 12.9. The van der Waals surface area contributed by atoms with Gasteiger partial charge in [0.05, 0.1) is 0 Å². The van der Waals surface area contributed by atoms with Crippen molar-refractivity contribution >= 4 is 24.0 Å². The van der Waals surface area contributed by atoms with E-state index in [9.17, 15) is 9.90 Å². The molecule has 6 nitrogen and oxygen atoms in total. The number of nitrogens with two attached hydrogens (primary N) is 1. The van der Waals surface area contributed by atoms with Crippen molar-refractivity contribution in [3.8, 4) is 11.5 Å². The molecule has 7 heteroatoms. The Bertz CT molecular complexity index is 564. The van der Waals surface area contributed by atoms with Crippen molar-refractivity contribution in [3.63, 3.8) is 0 Å². The van der Waals surface area contributed by atoms with E-state index >= 15 is 0 Å². The predicted molar refractivity (Wildman–Crippen MR) is 93.6 cm³/mol. The Labute approximate surface area is 148 Å². The number of benzene rings is 1. The van der Waals surface area contributed by atoms with Gasteiger partial charge in [0, 0.05) is 17.8 Å². The zero-order valence-corrected chi connectivity index (χ0v) is 14.4. The molecule has 3 rings (SSSR count). The standard InChI is InChI=1S/C17H24N2O4.ClH/c18-13(8-11-4-2-1-3-5-11)16(20)17(21)19-12-6-7-14-15(9-12)23-10-22-14;/h6-7,9,11,13,16,20H,1-5,8,10,18H2,(H,19,21);1H/t13-,16?;/m1./s1. The van der Waals surface area contributed by atoms with Gasteiger partial charge in [-0.3, -0.25) is 4.79 Å². The minimum Gasteiger partial charge on any atom is -0.454 e. The summed E-state index contributed by atoms with van der Waals surface area (Å²) in [6.45, 7) is 0.182. The van der Waals surface area contributed by atoms with Crippen LogP contribution in [0, 0.1) is 5.92 Å². The van der Waals surface area contributed by atoms with Gasteiger partial charge in [-0.2, -0.15) is 0 Å². The van der Waals surface area contributed by atoms with E-state index in [1.54, 1.807) is 18.2 Å². The number of aliphatic hydroxyl groups is 1. The average Bonchev–Trinajstić information content (AvgIpc) is 3.02. The molecule has 1 aliphatic heterocycles. The van der Waals surface area contributed by atoms with Gasteiger partial charge in [-0.15, -0.1) is 12.4 Å². The molecule has 1 aliphatic carbocycles. The monoisotopic (exact) mass is 356 g/mol. The van der Waals surface area contributed by atoms with Gasteiger partial charge in [-0.25, -0.2) is 0 Å². The van der Waals surface area contributed by atoms with Crippen LogP contribution in [0.4, 0.5) is 5.69 Å². The van der Waals surface area contributed by atoms with Crippen LogP contribution < -0.4 is 20.5 Å². The quantitative estimate of drug-likeness (QED) is 0.753. The molecule has 0 aromatic heterocycles. The molecule has 1 amide bonds. The second-order valence-corrected chi connectivity index (χ2v) is 6.41. The van der Waals surface area contributed by atoms with Crippen molar-refractivity contribution in [2.45, 2.75) is 50.7 Å². The zero-order chi connectivity index (χ0) is 16.2. The number of ether oxygens (including phenoxy) is 2. The van der Waals surface area contributed by atoms with Crippen LogP contribution in [0.3, 0.4) is 0 Å². The predicted octanol–water partition coefficient (Wildman–Crippen LogP) is 2.43. The van der Waals surface area contributed by atoms with Gasteiger partial charge in [0.15, 0.2) is 11.5 Å². The third kappa shape index (κ3) is 4.53. The zero-order valence-electron chi connectivity index (χ0n) is 13.6. The van der Waals surface area contributed by atoms with Crippen LogP contribution in [-0.4, -0.2) is 30.0 Å². The third-order valence-corrected chi connectivity index (χ3v) is 4.64. The van der Waals surface area contributed by atoms with Crippen LogP contribution in [-0.2, 0) is 4.79 Å². The lowest BCUT2D eigenvalue weighted by molar-refractivity contribution is -0.125. The summed E-state index contributed by atoms with van der Waals surface area (Å²) in [6, 6.07) is 4.59. The number of carbonyl (C=O) groups is 1. The lowest BCUT2D eigenvalue weighted by atomic mass is 9.84. The summed E-state index contributed by atoms with van der Waals surface area (Å²) in [6.07, 6.45) is 5.49. The van der Waals surface area contributed by atoms with E-state index in [0.29, 0.717) is 29.5 Å². The molecule has 1 aromatic carbocycles. The maximum atomic E-state index is 12.2. The van der Waals surface area contributed by atoms with E-state index in [1.165, 1.54) is 19.3 Å². The Hall–Kier alpha value is -1.50. The van der Waals surface area contributed by atoms with Gasteiger partial charge in [-0.1, -0.05) is 32.1 Å². The molecule has 2 aliphatic rings. The number of amides is 1. The van der Waals surface area contributed by atoms with Crippen LogP contribution in [0.2, 0.25) is 0 Å². The van der Waals surface area contributed by atoms with Crippen LogP contribution in [0.1, 0.15) is 38.5 Å². The molecule has 0 bridgehead atoms. The summed E-state index contributed by atoms with van der Waals surface area (Å²) in [5.41, 5.74) is 6.60. The van der Waals surface area contributed by atoms with Crippen molar-refractivity contribution < 1.29 is 19.4 Å². The number of aliphatic hydroxyl groups excluding tert-OH is 1. The molecular weight excluding hydrogens is 332 g/mol. The molecule has 1 fully saturated rings. The Morgan fingerprint density at radius 3 is 2.71 bits per heavy atom. The van der Waals surface area contributed by atoms with E-state index in [1.807, 2.05) is 0 Å². The number of anilines is 1. The highest BCUT2D eigenvalue weighted by molar-refractivity contribution is 5.94. The fourth-order valence-electron chi connectivity index (χ4n) is 3.32. The van der Waals surface area contributed by atoms with Crippen LogP contribution >= 0.6 is 12.4 Å². The van der Waals surface area contributed by atoms with Crippen molar-refractivity contribution in [1.29, 1.82) is 0 Å². The summed E-state index contributed by atoms with van der Waals surface area (Å²) in [4.78, 5) is 12.2. The molecule has 0 saturated heterocycles. The molecule has 0 radical (unpaired) electrons. The minimum absolute atomic E-state index is 0. The molecule has 2 atom stereocenters. The summed E-state index contributed by atoms with van der Waals surface area (Å²) in [5.74, 6) is 1.28. The number of hydrogen-bond donors (Lipinski definition) is 3. The highest BCUT2D eigenvalue weighted by Crippen LogP contribution is 2.34. The van der Waals surface area contributed by atoms with E-state index in [0.717, 1.165) is 12.8 Å². The van der Waals surface area contributed by atoms with Gasteiger partial charge in [-0.05, 0) is 24.5 Å². The first-order chi connectivity index (χ1) is 11.1. The number of fused-ring (bicyclic) bond motifs is 1. The van der Waals surface area contributed by atoms with Gasteiger partial charge in [0.2, 0.25) is 6.79 Å². The Balaban J connectivity index is 0.00000208. The van der Waals surface area contributed by atoms with E-state index in [2.05, 4.69) is 5.32 Å². The number of halogens is 1. The first-order valence-corrected chi connectivity index (χ1v) is 8.27. The van der Waals surface area contributed by atoms with E-state index in [-0.39, 0.29) is 19.2 Å². The third-order valence-electron chi connectivity index (χ3n) is 4.64. The Morgan fingerprint density at radius 2 is 1.96 bits per heavy atom. The fraction of sp³-hybridized carbons (Fsp3) is 0.588. The van der Waals surface area contributed by atoms with Crippen LogP contribution in [0.15, 0.2) is 18.2 Å². The van der Waals surface area contributed by atoms with E-state index < -0.39 is 18.1 Å². The van der Waals surface area contributed by atoms with Crippen molar-refractivity contribution in [1.82, 2.24) is 0 Å². The normalized spacial score (nSPS) is 19.2. The topological polar surface area (TPSA) is 93.8 Å². The smallest absolute Gasteiger partial charge is 0.254 e. The first kappa shape index (κ1) is 18.8. The molecule has 1 heterocycles. The molecule has 0 spiro atoms. The molecule has 4 N–H and O–H groups in total. The summed E-state index contributed by atoms with van der Waals surface area (Å²) < 4.78 is 10.5. The maximum absolute atomic E-state index is 12.2. The largest absolute Gasteiger partial charge is 0.454 e. The van der Waals surface area contributed by atoms with Crippen LogP contribution in [0.5, 0.6) is 11.5 Å². The van der Waals surface area contributed by atoms with Gasteiger partial charge >= 0.3 is 0 Å². The van der Waals surface area contributed by atoms with E-state index in [4.69, 9.17) is 15.2 Å². The number of rotatable bonds is 5. The summed E-state index contributed by atoms with van der Waals surface area (Å²) in [7, 11) is 0. The molecule has 1 aromatic rings. The second-order valence-electron chi connectivity index (χ2n) is 6.41. The maximum Gasteiger partial charge on any atom is 0.254 e. The van der Waals surface area contributed by atoms with Gasteiger partial charge in [0.1, 0.15) is 6.10 Å². The van der Waals surface area contributed by atoms with Gasteiger partial charge in [0.25, 0.3) is 5.91 Å². The SMILES string of the molecule is Cl.N[C@H](CC1CCCCC1)C(O)C(=O)Nc1ccc2c(c1)OCO2. The Kier molecular flexibility index (Phi) is 6.71. The lowest BCUT2D eigenvalue weighted by Gasteiger charge is -2.26. The van der Waals surface area contributed by atoms with Crippen molar-refractivity contribution in [3.05, 3.63) is 18.2 Å². The number of hydrogen-bond acceptors (Lipinski definition) is 5. The number of carbonyl (C=O) groups excluding carboxylic acids is 1. The molecular formula is C17H25ClN2O4. The number of nitrogens with one attached hydrogen (secondary N) is 1. The summed E-state index contributed by atoms with van der Waals surface area (Å²) >= 11 is 0. The molecule has 1 saturated carbocycles. The van der Waals surface area contributed by atoms with Gasteiger partial charge < -0.3 is 25.6 Å². The average molecular weight is 357 g/mol. The van der Waals surface area contributed by atoms with Crippen molar-refractivity contribution in [2.24, 2.45) is 11.7 Å². The first-order valence-electron chi connectivity index (χ1n) is 8.27. The van der Waals surface area contributed by atoms with Crippen LogP contribution in [0.25, 0.3) is 0 Å². The highest BCUT2D eigenvalue weighted by atomic mass is 35.5.